The van der Waals surface area contributed by atoms with E-state index in [2.05, 4.69) is 167 Å². The molecule has 0 spiro atoms. The average molecular weight is 1020 g/mol. The van der Waals surface area contributed by atoms with Gasteiger partial charge in [0.05, 0.1) is 0 Å². The van der Waals surface area contributed by atoms with Gasteiger partial charge in [0.1, 0.15) is 13.2 Å². The fourth-order valence-electron chi connectivity index (χ4n) is 7.63. The number of unbranched alkanes of at least 4 members (excludes halogenated alkanes) is 17. The van der Waals surface area contributed by atoms with Crippen molar-refractivity contribution in [3.05, 3.63) is 146 Å². The number of hydrogen-bond donors (Lipinski definition) is 0. The molecular formula is C68H108O6. The van der Waals surface area contributed by atoms with Gasteiger partial charge in [-0.15, -0.1) is 0 Å². The molecule has 0 fully saturated rings. The first kappa shape index (κ1) is 69.3. The SMILES string of the molecule is CC/C=C\C/C=C\C/C=C\C/C=C\C/C=C\C/C=C\C/C=C\C/C=C\C/C=C\CCCC(=O)OCC(COC(=O)CCCCCCCCCC)OC(=O)CCCCCCCC/C=C\C/C=C\C/C=C\CCCCC. The number of hydrogen-bond acceptors (Lipinski definition) is 6. The van der Waals surface area contributed by atoms with E-state index in [1.54, 1.807) is 0 Å². The highest BCUT2D eigenvalue weighted by atomic mass is 16.6. The topological polar surface area (TPSA) is 78.9 Å². The Balaban J connectivity index is 4.38. The third kappa shape index (κ3) is 58.2. The molecule has 6 nitrogen and oxygen atoms in total. The summed E-state index contributed by atoms with van der Waals surface area (Å²) in [4.78, 5) is 38.0. The summed E-state index contributed by atoms with van der Waals surface area (Å²) in [6.45, 7) is 6.40. The van der Waals surface area contributed by atoms with Gasteiger partial charge in [-0.2, -0.15) is 0 Å². The fourth-order valence-corrected chi connectivity index (χ4v) is 7.63. The van der Waals surface area contributed by atoms with E-state index in [9.17, 15) is 14.4 Å². The van der Waals surface area contributed by atoms with Crippen molar-refractivity contribution in [1.29, 1.82) is 0 Å². The van der Waals surface area contributed by atoms with E-state index >= 15 is 0 Å². The number of carbonyl (C=O) groups excluding carboxylic acids is 3. The summed E-state index contributed by atoms with van der Waals surface area (Å²) in [5.74, 6) is -0.991. The monoisotopic (exact) mass is 1020 g/mol. The molecule has 0 saturated carbocycles. The van der Waals surface area contributed by atoms with E-state index in [-0.39, 0.29) is 37.5 Å². The molecule has 1 unspecified atom stereocenters. The van der Waals surface area contributed by atoms with Crippen LogP contribution in [0.4, 0.5) is 0 Å². The van der Waals surface area contributed by atoms with Crippen LogP contribution < -0.4 is 0 Å². The van der Waals surface area contributed by atoms with Gasteiger partial charge in [0.25, 0.3) is 0 Å². The lowest BCUT2D eigenvalue weighted by atomic mass is 10.1. The summed E-state index contributed by atoms with van der Waals surface area (Å²) in [6.07, 6.45) is 87.2. The van der Waals surface area contributed by atoms with Crippen molar-refractivity contribution < 1.29 is 28.6 Å². The summed E-state index contributed by atoms with van der Waals surface area (Å²) in [5, 5.41) is 0. The summed E-state index contributed by atoms with van der Waals surface area (Å²) in [7, 11) is 0. The van der Waals surface area contributed by atoms with E-state index in [0.717, 1.165) is 128 Å². The molecule has 0 bridgehead atoms. The molecule has 0 aliphatic carbocycles. The molecule has 0 rings (SSSR count). The Morgan fingerprint density at radius 1 is 0.284 bits per heavy atom. The molecule has 6 heteroatoms. The number of carbonyl (C=O) groups is 3. The lowest BCUT2D eigenvalue weighted by Crippen LogP contribution is -2.30. The Hall–Kier alpha value is -4.71. The van der Waals surface area contributed by atoms with Crippen LogP contribution in [-0.4, -0.2) is 37.2 Å². The first-order chi connectivity index (χ1) is 36.5. The molecule has 74 heavy (non-hydrogen) atoms. The molecule has 0 aliphatic rings. The first-order valence-corrected chi connectivity index (χ1v) is 29.8. The minimum atomic E-state index is -0.812. The summed E-state index contributed by atoms with van der Waals surface area (Å²) in [6, 6.07) is 0. The summed E-state index contributed by atoms with van der Waals surface area (Å²) >= 11 is 0. The molecule has 416 valence electrons. The quantitative estimate of drug-likeness (QED) is 0.0261. The van der Waals surface area contributed by atoms with E-state index in [1.165, 1.54) is 70.6 Å². The molecule has 0 radical (unpaired) electrons. The predicted molar refractivity (Wildman–Crippen MR) is 320 cm³/mol. The third-order valence-electron chi connectivity index (χ3n) is 12.1. The molecule has 0 aromatic heterocycles. The highest BCUT2D eigenvalue weighted by Gasteiger charge is 2.19. The van der Waals surface area contributed by atoms with E-state index < -0.39 is 6.10 Å². The second-order valence-corrected chi connectivity index (χ2v) is 19.2. The molecule has 0 N–H and O–H groups in total. The maximum atomic E-state index is 12.8. The van der Waals surface area contributed by atoms with Gasteiger partial charge in [-0.3, -0.25) is 14.4 Å². The lowest BCUT2D eigenvalue weighted by molar-refractivity contribution is -0.167. The van der Waals surface area contributed by atoms with Gasteiger partial charge in [-0.1, -0.05) is 250 Å². The van der Waals surface area contributed by atoms with Gasteiger partial charge in [-0.05, 0) is 122 Å². The first-order valence-electron chi connectivity index (χ1n) is 29.8. The van der Waals surface area contributed by atoms with Crippen LogP contribution in [0.25, 0.3) is 0 Å². The van der Waals surface area contributed by atoms with Crippen molar-refractivity contribution in [2.45, 2.75) is 252 Å². The molecule has 0 heterocycles. The van der Waals surface area contributed by atoms with Crippen molar-refractivity contribution >= 4 is 17.9 Å². The van der Waals surface area contributed by atoms with Gasteiger partial charge in [0.2, 0.25) is 0 Å². The van der Waals surface area contributed by atoms with E-state index in [4.69, 9.17) is 14.2 Å². The van der Waals surface area contributed by atoms with Gasteiger partial charge < -0.3 is 14.2 Å². The Morgan fingerprint density at radius 2 is 0.541 bits per heavy atom. The highest BCUT2D eigenvalue weighted by molar-refractivity contribution is 5.71. The zero-order valence-electron chi connectivity index (χ0n) is 47.5. The van der Waals surface area contributed by atoms with Crippen molar-refractivity contribution in [2.75, 3.05) is 13.2 Å². The smallest absolute Gasteiger partial charge is 0.306 e. The summed E-state index contributed by atoms with van der Waals surface area (Å²) in [5.41, 5.74) is 0. The molecular weight excluding hydrogens is 913 g/mol. The molecule has 1 atom stereocenters. The maximum absolute atomic E-state index is 12.8. The second-order valence-electron chi connectivity index (χ2n) is 19.2. The summed E-state index contributed by atoms with van der Waals surface area (Å²) < 4.78 is 16.7. The largest absolute Gasteiger partial charge is 0.462 e. The van der Waals surface area contributed by atoms with Gasteiger partial charge in [-0.25, -0.2) is 0 Å². The Bertz CT molecular complexity index is 1640. The van der Waals surface area contributed by atoms with Crippen LogP contribution in [0, 0.1) is 0 Å². The van der Waals surface area contributed by atoms with Gasteiger partial charge >= 0.3 is 17.9 Å². The average Bonchev–Trinajstić information content (AvgIpc) is 3.40. The zero-order valence-corrected chi connectivity index (χ0v) is 47.5. The number of rotatable bonds is 52. The minimum Gasteiger partial charge on any atom is -0.462 e. The molecule has 0 aliphatic heterocycles. The third-order valence-corrected chi connectivity index (χ3v) is 12.1. The van der Waals surface area contributed by atoms with Crippen LogP contribution in [0.1, 0.15) is 245 Å². The second kappa shape index (κ2) is 60.8. The highest BCUT2D eigenvalue weighted by Crippen LogP contribution is 2.13. The van der Waals surface area contributed by atoms with Crippen LogP contribution in [0.15, 0.2) is 146 Å². The minimum absolute atomic E-state index is 0.105. The molecule has 0 aromatic carbocycles. The van der Waals surface area contributed by atoms with Gasteiger partial charge in [0, 0.05) is 19.3 Å². The van der Waals surface area contributed by atoms with Crippen LogP contribution >= 0.6 is 0 Å². The van der Waals surface area contributed by atoms with E-state index in [1.807, 2.05) is 0 Å². The zero-order chi connectivity index (χ0) is 53.6. The fraction of sp³-hybridized carbons (Fsp3) is 0.603. The lowest BCUT2D eigenvalue weighted by Gasteiger charge is -2.18. The molecule has 0 aromatic rings. The number of allylic oxidation sites excluding steroid dienone is 24. The van der Waals surface area contributed by atoms with Gasteiger partial charge in [0.15, 0.2) is 6.10 Å². The number of esters is 3. The van der Waals surface area contributed by atoms with Crippen molar-refractivity contribution in [3.63, 3.8) is 0 Å². The van der Waals surface area contributed by atoms with Crippen LogP contribution in [0.5, 0.6) is 0 Å². The molecule has 0 saturated heterocycles. The Kier molecular flexibility index (Phi) is 57.0. The van der Waals surface area contributed by atoms with Crippen LogP contribution in [0.2, 0.25) is 0 Å². The van der Waals surface area contributed by atoms with Crippen LogP contribution in [-0.2, 0) is 28.6 Å². The van der Waals surface area contributed by atoms with Crippen molar-refractivity contribution in [1.82, 2.24) is 0 Å². The Labute approximate surface area is 455 Å². The Morgan fingerprint density at radius 3 is 0.905 bits per heavy atom. The maximum Gasteiger partial charge on any atom is 0.306 e. The standard InChI is InChI=1S/C68H108O6/c1-4-7-10-13-16-19-21-23-25-27-29-30-31-32-33-34-35-36-37-38-40-41-43-45-47-49-52-55-58-61-67(70)73-64-65(63-72-66(69)60-57-54-51-18-15-12-9-6-3)74-68(71)62-59-56-53-50-48-46-44-42-39-28-26-24-22-20-17-14-11-8-5-2/h7,10,16-17,19-20,23-26,29-30,32-33,35-36,38-40,42-43,45,49,52,65H,4-6,8-9,11-15,18,21-22,27-28,31,34,37,41,44,46-48,50-51,53-64H2,1-3H3/b10-7-,19-16-,20-17-,25-23-,26-24-,30-29-,33-32-,36-35-,40-38-,42-39-,45-43-,52-49-. The number of ether oxygens (including phenoxy) is 3. The normalized spacial score (nSPS) is 13.2. The van der Waals surface area contributed by atoms with E-state index in [0.29, 0.717) is 19.3 Å². The molecule has 0 amide bonds. The predicted octanol–water partition coefficient (Wildman–Crippen LogP) is 20.4. The van der Waals surface area contributed by atoms with Crippen molar-refractivity contribution in [3.8, 4) is 0 Å². The van der Waals surface area contributed by atoms with Crippen molar-refractivity contribution in [2.24, 2.45) is 0 Å². The van der Waals surface area contributed by atoms with Crippen LogP contribution in [0.3, 0.4) is 0 Å².